The number of carbonyl (C=O) groups is 2. The lowest BCUT2D eigenvalue weighted by Crippen LogP contribution is -2.38. The van der Waals surface area contributed by atoms with Gasteiger partial charge >= 0.3 is 0 Å². The predicted octanol–water partition coefficient (Wildman–Crippen LogP) is 3.73. The molecule has 144 valence electrons. The van der Waals surface area contributed by atoms with Crippen molar-refractivity contribution in [3.63, 3.8) is 0 Å². The summed E-state index contributed by atoms with van der Waals surface area (Å²) in [5.41, 5.74) is 2.64. The van der Waals surface area contributed by atoms with E-state index < -0.39 is 0 Å². The number of carbonyl (C=O) groups excluding carboxylic acids is 2. The van der Waals surface area contributed by atoms with Gasteiger partial charge in [-0.2, -0.15) is 0 Å². The van der Waals surface area contributed by atoms with Gasteiger partial charge in [-0.25, -0.2) is 0 Å². The predicted molar refractivity (Wildman–Crippen MR) is 106 cm³/mol. The largest absolute Gasteiger partial charge is 0.354 e. The molecule has 0 saturated heterocycles. The second-order valence-electron chi connectivity index (χ2n) is 8.42. The fourth-order valence-electron chi connectivity index (χ4n) is 3.41. The van der Waals surface area contributed by atoms with Gasteiger partial charge in [0.2, 0.25) is 11.8 Å². The van der Waals surface area contributed by atoms with Gasteiger partial charge in [0.1, 0.15) is 0 Å². The van der Waals surface area contributed by atoms with Crippen LogP contribution in [0.25, 0.3) is 0 Å². The van der Waals surface area contributed by atoms with E-state index in [-0.39, 0.29) is 23.1 Å². The molecule has 0 atom stereocenters. The number of rotatable bonds is 7. The van der Waals surface area contributed by atoms with Crippen molar-refractivity contribution in [1.29, 1.82) is 0 Å². The summed E-state index contributed by atoms with van der Waals surface area (Å²) < 4.78 is 0. The minimum atomic E-state index is 0.0387. The smallest absolute Gasteiger partial charge is 0.223 e. The van der Waals surface area contributed by atoms with Crippen molar-refractivity contribution >= 4 is 11.8 Å². The summed E-state index contributed by atoms with van der Waals surface area (Å²) in [7, 11) is 0. The summed E-state index contributed by atoms with van der Waals surface area (Å²) >= 11 is 0. The maximum Gasteiger partial charge on any atom is 0.223 e. The molecule has 2 amide bonds. The van der Waals surface area contributed by atoms with E-state index in [1.54, 1.807) is 0 Å². The molecule has 1 aromatic carbocycles. The fourth-order valence-corrected chi connectivity index (χ4v) is 3.41. The first-order valence-corrected chi connectivity index (χ1v) is 10.00. The monoisotopic (exact) mass is 358 g/mol. The third-order valence-electron chi connectivity index (χ3n) is 5.18. The first-order valence-electron chi connectivity index (χ1n) is 10.00. The van der Waals surface area contributed by atoms with E-state index in [0.29, 0.717) is 19.5 Å². The molecule has 0 bridgehead atoms. The van der Waals surface area contributed by atoms with Gasteiger partial charge in [0, 0.05) is 25.4 Å². The topological polar surface area (TPSA) is 58.2 Å². The molecule has 1 aromatic rings. The Morgan fingerprint density at radius 2 is 1.58 bits per heavy atom. The maximum absolute atomic E-state index is 12.0. The number of amides is 2. The van der Waals surface area contributed by atoms with Gasteiger partial charge in [0.15, 0.2) is 0 Å². The molecule has 1 saturated carbocycles. The van der Waals surface area contributed by atoms with Gasteiger partial charge in [-0.15, -0.1) is 0 Å². The van der Waals surface area contributed by atoms with Crippen LogP contribution in [-0.4, -0.2) is 24.9 Å². The van der Waals surface area contributed by atoms with E-state index in [1.165, 1.54) is 17.5 Å². The third kappa shape index (κ3) is 6.81. The highest BCUT2D eigenvalue weighted by Gasteiger charge is 2.20. The highest BCUT2D eigenvalue weighted by atomic mass is 16.2. The van der Waals surface area contributed by atoms with Gasteiger partial charge in [-0.05, 0) is 35.8 Å². The molecule has 1 fully saturated rings. The highest BCUT2D eigenvalue weighted by Crippen LogP contribution is 2.23. The average molecular weight is 359 g/mol. The summed E-state index contributed by atoms with van der Waals surface area (Å²) in [6.07, 6.45) is 6.80. The molecule has 0 spiro atoms. The van der Waals surface area contributed by atoms with Crippen molar-refractivity contribution in [2.45, 2.75) is 71.1 Å². The highest BCUT2D eigenvalue weighted by molar-refractivity contribution is 5.79. The van der Waals surface area contributed by atoms with Gasteiger partial charge in [-0.1, -0.05) is 64.3 Å². The van der Waals surface area contributed by atoms with Crippen molar-refractivity contribution < 1.29 is 9.59 Å². The Kier molecular flexibility index (Phi) is 7.67. The van der Waals surface area contributed by atoms with Crippen molar-refractivity contribution in [2.75, 3.05) is 13.1 Å². The third-order valence-corrected chi connectivity index (χ3v) is 5.18. The maximum atomic E-state index is 12.0. The molecule has 1 aliphatic carbocycles. The van der Waals surface area contributed by atoms with E-state index in [1.807, 2.05) is 0 Å². The SMILES string of the molecule is CC(C)(C)c1ccc(CCC(=O)NCCNC(=O)C2CCCCC2)cc1. The fraction of sp³-hybridized carbons (Fsp3) is 0.636. The Balaban J connectivity index is 1.61. The van der Waals surface area contributed by atoms with Crippen LogP contribution in [0.4, 0.5) is 0 Å². The van der Waals surface area contributed by atoms with Gasteiger partial charge in [0.25, 0.3) is 0 Å². The molecular weight excluding hydrogens is 324 g/mol. The molecule has 1 aliphatic rings. The normalized spacial score (nSPS) is 15.5. The summed E-state index contributed by atoms with van der Waals surface area (Å²) in [5, 5.41) is 5.84. The number of hydrogen-bond donors (Lipinski definition) is 2. The van der Waals surface area contributed by atoms with Crippen LogP contribution in [0, 0.1) is 5.92 Å². The van der Waals surface area contributed by atoms with Crippen LogP contribution in [-0.2, 0) is 21.4 Å². The Hall–Kier alpha value is -1.84. The molecule has 2 rings (SSSR count). The van der Waals surface area contributed by atoms with Crippen LogP contribution in [0.15, 0.2) is 24.3 Å². The minimum Gasteiger partial charge on any atom is -0.354 e. The van der Waals surface area contributed by atoms with Crippen LogP contribution >= 0.6 is 0 Å². The summed E-state index contributed by atoms with van der Waals surface area (Å²) in [6.45, 7) is 7.61. The second kappa shape index (κ2) is 9.75. The van der Waals surface area contributed by atoms with Crippen LogP contribution in [0.5, 0.6) is 0 Å². The minimum absolute atomic E-state index is 0.0387. The van der Waals surface area contributed by atoms with Crippen molar-refractivity contribution in [3.05, 3.63) is 35.4 Å². The van der Waals surface area contributed by atoms with E-state index in [9.17, 15) is 9.59 Å². The quantitative estimate of drug-likeness (QED) is 0.730. The Bertz CT molecular complexity index is 581. The Labute approximate surface area is 158 Å². The van der Waals surface area contributed by atoms with Gasteiger partial charge in [0.05, 0.1) is 0 Å². The number of benzene rings is 1. The molecule has 0 unspecified atom stereocenters. The van der Waals surface area contributed by atoms with E-state index >= 15 is 0 Å². The number of nitrogens with one attached hydrogen (secondary N) is 2. The van der Waals surface area contributed by atoms with Gasteiger partial charge < -0.3 is 10.6 Å². The molecule has 0 radical (unpaired) electrons. The van der Waals surface area contributed by atoms with E-state index in [4.69, 9.17) is 0 Å². The molecule has 0 aromatic heterocycles. The first-order chi connectivity index (χ1) is 12.4. The zero-order valence-corrected chi connectivity index (χ0v) is 16.6. The molecule has 4 nitrogen and oxygen atoms in total. The van der Waals surface area contributed by atoms with Crippen LogP contribution in [0.1, 0.15) is 70.4 Å². The lowest BCUT2D eigenvalue weighted by atomic mass is 9.86. The molecule has 26 heavy (non-hydrogen) atoms. The van der Waals surface area contributed by atoms with Crippen LogP contribution < -0.4 is 10.6 Å². The second-order valence-corrected chi connectivity index (χ2v) is 8.42. The van der Waals surface area contributed by atoms with E-state index in [2.05, 4.69) is 55.7 Å². The standard InChI is InChI=1S/C22H34N2O2/c1-22(2,3)19-12-9-17(10-13-19)11-14-20(25)23-15-16-24-21(26)18-7-5-4-6-8-18/h9-10,12-13,18H,4-8,11,14-16H2,1-3H3,(H,23,25)(H,24,26). The lowest BCUT2D eigenvalue weighted by molar-refractivity contribution is -0.126. The first kappa shape index (κ1) is 20.5. The molecule has 4 heteroatoms. The van der Waals surface area contributed by atoms with Crippen molar-refractivity contribution in [1.82, 2.24) is 10.6 Å². The summed E-state index contributed by atoms with van der Waals surface area (Å²) in [5.74, 6) is 0.366. The molecular formula is C22H34N2O2. The average Bonchev–Trinajstić information content (AvgIpc) is 2.63. The zero-order chi connectivity index (χ0) is 19.0. The summed E-state index contributed by atoms with van der Waals surface area (Å²) in [6, 6.07) is 8.51. The van der Waals surface area contributed by atoms with Crippen LogP contribution in [0.3, 0.4) is 0 Å². The Morgan fingerprint density at radius 3 is 2.19 bits per heavy atom. The summed E-state index contributed by atoms with van der Waals surface area (Å²) in [4.78, 5) is 24.0. The zero-order valence-electron chi connectivity index (χ0n) is 16.6. The van der Waals surface area contributed by atoms with Gasteiger partial charge in [-0.3, -0.25) is 9.59 Å². The molecule has 2 N–H and O–H groups in total. The lowest BCUT2D eigenvalue weighted by Gasteiger charge is -2.20. The Morgan fingerprint density at radius 1 is 0.962 bits per heavy atom. The molecule has 0 heterocycles. The molecule has 0 aliphatic heterocycles. The van der Waals surface area contributed by atoms with Crippen LogP contribution in [0.2, 0.25) is 0 Å². The number of hydrogen-bond acceptors (Lipinski definition) is 2. The van der Waals surface area contributed by atoms with Crippen molar-refractivity contribution in [2.24, 2.45) is 5.92 Å². The van der Waals surface area contributed by atoms with Crippen molar-refractivity contribution in [3.8, 4) is 0 Å². The number of aryl methyl sites for hydroxylation is 1. The van der Waals surface area contributed by atoms with E-state index in [0.717, 1.165) is 32.1 Å².